The fourth-order valence-corrected chi connectivity index (χ4v) is 0.146. The van der Waals surface area contributed by atoms with E-state index in [1.807, 2.05) is 0 Å². The average molecular weight is 106 g/mol. The first-order chi connectivity index (χ1) is 3.27. The van der Waals surface area contributed by atoms with E-state index in [1.54, 1.807) is 6.08 Å². The van der Waals surface area contributed by atoms with E-state index in [9.17, 15) is 13.9 Å². The molecule has 40 valence electrons. The summed E-state index contributed by atoms with van der Waals surface area (Å²) in [6.45, 7) is -0.517. The molecule has 0 saturated carbocycles. The smallest absolute Gasteiger partial charge is 0.521 e. The second-order valence-electron chi connectivity index (χ2n) is 0.891. The quantitative estimate of drug-likeness (QED) is 0.465. The summed E-state index contributed by atoms with van der Waals surface area (Å²) >= 11 is 0. The van der Waals surface area contributed by atoms with Crippen molar-refractivity contribution in [2.75, 3.05) is 6.61 Å². The Bertz CT molecular complexity index is 66.1. The number of rotatable bonds is 2. The van der Waals surface area contributed by atoms with Gasteiger partial charge in [-0.15, -0.1) is 8.78 Å². The molecule has 0 unspecified atom stereocenters. The summed E-state index contributed by atoms with van der Waals surface area (Å²) < 4.78 is 21.8. The summed E-state index contributed by atoms with van der Waals surface area (Å²) in [5.74, 6) is 0. The van der Waals surface area contributed by atoms with Crippen molar-refractivity contribution >= 4 is 0 Å². The molecule has 0 N–H and O–H groups in total. The van der Waals surface area contributed by atoms with Crippen molar-refractivity contribution in [1.82, 2.24) is 0 Å². The fourth-order valence-electron chi connectivity index (χ4n) is 0.146. The van der Waals surface area contributed by atoms with Gasteiger partial charge >= 0.3 is 6.08 Å². The first kappa shape index (κ1) is 6.47. The molecule has 1 nitrogen and oxygen atoms in total. The van der Waals surface area contributed by atoms with Gasteiger partial charge in [-0.05, 0) is 0 Å². The molecule has 7 heavy (non-hydrogen) atoms. The van der Waals surface area contributed by atoms with Gasteiger partial charge in [0.1, 0.15) is 0 Å². The molecule has 0 bridgehead atoms. The van der Waals surface area contributed by atoms with Crippen LogP contribution in [0, 0.1) is 6.08 Å². The maximum Gasteiger partial charge on any atom is 0.521 e. The highest BCUT2D eigenvalue weighted by Gasteiger charge is 2.01. The average Bonchev–Trinajstić information content (AvgIpc) is 1.61. The highest BCUT2D eigenvalue weighted by atomic mass is 19.3. The largest absolute Gasteiger partial charge is 0.851 e. The van der Waals surface area contributed by atoms with Crippen LogP contribution in [0.1, 0.15) is 6.42 Å². The second-order valence-corrected chi connectivity index (χ2v) is 0.891. The molecule has 0 aromatic carbocycles. The Hall–Kier alpha value is -0.530. The van der Waals surface area contributed by atoms with Crippen LogP contribution in [0.25, 0.3) is 0 Å². The van der Waals surface area contributed by atoms with Gasteiger partial charge in [-0.25, -0.2) is 0 Å². The topological polar surface area (TPSA) is 23.1 Å². The molecular formula is C4H4F2O. The van der Waals surface area contributed by atoms with E-state index in [0.29, 0.717) is 0 Å². The summed E-state index contributed by atoms with van der Waals surface area (Å²) in [7, 11) is 0. The Morgan fingerprint density at radius 2 is 2.14 bits per heavy atom. The van der Waals surface area contributed by atoms with Crippen LogP contribution in [-0.2, 0) is 0 Å². The van der Waals surface area contributed by atoms with Crippen LogP contribution >= 0.6 is 0 Å². The van der Waals surface area contributed by atoms with Crippen LogP contribution in [0.4, 0.5) is 8.78 Å². The van der Waals surface area contributed by atoms with Gasteiger partial charge in [0.15, 0.2) is 6.42 Å². The molecule has 0 spiro atoms. The van der Waals surface area contributed by atoms with Crippen molar-refractivity contribution in [3.63, 3.8) is 0 Å². The van der Waals surface area contributed by atoms with Crippen LogP contribution in [-0.4, -0.2) is 6.61 Å². The zero-order valence-electron chi connectivity index (χ0n) is 3.58. The van der Waals surface area contributed by atoms with Gasteiger partial charge in [-0.3, -0.25) is 0 Å². The molecule has 0 aliphatic carbocycles. The van der Waals surface area contributed by atoms with Gasteiger partial charge in [-0.1, -0.05) is 6.61 Å². The molecule has 0 aliphatic heterocycles. The van der Waals surface area contributed by atoms with E-state index >= 15 is 0 Å². The molecule has 0 aromatic heterocycles. The number of halogens is 2. The van der Waals surface area contributed by atoms with Crippen LogP contribution in [0.2, 0.25) is 0 Å². The Labute approximate surface area is 40.3 Å². The minimum atomic E-state index is -1.89. The first-order valence-corrected chi connectivity index (χ1v) is 1.77. The van der Waals surface area contributed by atoms with Crippen molar-refractivity contribution in [1.29, 1.82) is 0 Å². The SMILES string of the molecule is [O-]CC[C+]=C(F)F. The lowest BCUT2D eigenvalue weighted by Crippen LogP contribution is -2.03. The Morgan fingerprint density at radius 3 is 2.29 bits per heavy atom. The van der Waals surface area contributed by atoms with Crippen molar-refractivity contribution in [3.05, 3.63) is 12.2 Å². The van der Waals surface area contributed by atoms with Crippen LogP contribution < -0.4 is 5.11 Å². The van der Waals surface area contributed by atoms with E-state index in [4.69, 9.17) is 0 Å². The predicted octanol–water partition coefficient (Wildman–Crippen LogP) is 0.320. The summed E-state index contributed by atoms with van der Waals surface area (Å²) in [4.78, 5) is 0. The van der Waals surface area contributed by atoms with E-state index in [1.165, 1.54) is 0 Å². The lowest BCUT2D eigenvalue weighted by Gasteiger charge is -1.83. The molecule has 0 radical (unpaired) electrons. The van der Waals surface area contributed by atoms with E-state index < -0.39 is 12.7 Å². The summed E-state index contributed by atoms with van der Waals surface area (Å²) in [6, 6.07) is 0. The molecule has 0 heterocycles. The third kappa shape index (κ3) is 5.47. The molecule has 0 amide bonds. The van der Waals surface area contributed by atoms with Gasteiger partial charge in [0.2, 0.25) is 0 Å². The highest BCUT2D eigenvalue weighted by molar-refractivity contribution is 4.69. The molecule has 0 aromatic rings. The van der Waals surface area contributed by atoms with Crippen LogP contribution in [0.15, 0.2) is 6.08 Å². The van der Waals surface area contributed by atoms with Crippen molar-refractivity contribution in [3.8, 4) is 0 Å². The van der Waals surface area contributed by atoms with Crippen LogP contribution in [0.5, 0.6) is 0 Å². The van der Waals surface area contributed by atoms with Crippen molar-refractivity contribution < 1.29 is 13.9 Å². The minimum Gasteiger partial charge on any atom is -0.851 e. The van der Waals surface area contributed by atoms with Crippen molar-refractivity contribution in [2.45, 2.75) is 6.42 Å². The maximum absolute atomic E-state index is 10.9. The molecular weight excluding hydrogens is 102 g/mol. The lowest BCUT2D eigenvalue weighted by molar-refractivity contribution is -0.366. The lowest BCUT2D eigenvalue weighted by atomic mass is 10.4. The molecule has 3 heteroatoms. The Balaban J connectivity index is 3.08. The van der Waals surface area contributed by atoms with Gasteiger partial charge in [-0.2, -0.15) is 0 Å². The van der Waals surface area contributed by atoms with Gasteiger partial charge < -0.3 is 5.11 Å². The molecule has 0 fully saturated rings. The summed E-state index contributed by atoms with van der Waals surface area (Å²) in [5.41, 5.74) is 0. The van der Waals surface area contributed by atoms with Crippen molar-refractivity contribution in [2.24, 2.45) is 0 Å². The first-order valence-electron chi connectivity index (χ1n) is 1.77. The zero-order chi connectivity index (χ0) is 5.70. The fraction of sp³-hybridized carbons (Fsp3) is 0.500. The Kier molecular flexibility index (Phi) is 3.38. The van der Waals surface area contributed by atoms with Gasteiger partial charge in [0.25, 0.3) is 6.08 Å². The zero-order valence-corrected chi connectivity index (χ0v) is 3.58. The summed E-state index contributed by atoms with van der Waals surface area (Å²) in [5, 5.41) is 9.43. The van der Waals surface area contributed by atoms with Gasteiger partial charge in [0, 0.05) is 0 Å². The normalized spacial score (nSPS) is 7.86. The third-order valence-electron chi connectivity index (χ3n) is 0.361. The highest BCUT2D eigenvalue weighted by Crippen LogP contribution is 1.94. The van der Waals surface area contributed by atoms with E-state index in [-0.39, 0.29) is 6.42 Å². The monoisotopic (exact) mass is 106 g/mol. The number of hydrogen-bond acceptors (Lipinski definition) is 1. The Morgan fingerprint density at radius 1 is 1.57 bits per heavy atom. The predicted molar refractivity (Wildman–Crippen MR) is 18.5 cm³/mol. The second kappa shape index (κ2) is 3.65. The minimum absolute atomic E-state index is 0.192. The van der Waals surface area contributed by atoms with E-state index in [2.05, 4.69) is 0 Å². The van der Waals surface area contributed by atoms with Gasteiger partial charge in [0.05, 0.1) is 0 Å². The molecule has 0 saturated heterocycles. The third-order valence-corrected chi connectivity index (χ3v) is 0.361. The standard InChI is InChI=1S/C4H4F2O/c5-4(6)2-1-3-7/h1,3H2. The molecule has 0 rings (SSSR count). The van der Waals surface area contributed by atoms with E-state index in [0.717, 1.165) is 0 Å². The summed E-state index contributed by atoms with van der Waals surface area (Å²) in [6.07, 6.45) is -0.519. The maximum atomic E-state index is 10.9. The number of hydrogen-bond donors (Lipinski definition) is 0. The van der Waals surface area contributed by atoms with Crippen LogP contribution in [0.3, 0.4) is 0 Å². The molecule has 0 aliphatic rings. The molecule has 0 atom stereocenters.